The average Bonchev–Trinajstić information content (AvgIpc) is 3.14. The molecule has 7 nitrogen and oxygen atoms in total. The minimum absolute atomic E-state index is 0.00522. The van der Waals surface area contributed by atoms with Crippen molar-refractivity contribution >= 4 is 5.91 Å². The molecule has 1 aliphatic heterocycles. The Morgan fingerprint density at radius 1 is 1.44 bits per heavy atom. The monoisotopic (exact) mass is 348 g/mol. The van der Waals surface area contributed by atoms with Crippen molar-refractivity contribution < 1.29 is 14.6 Å². The number of amides is 1. The molecule has 2 aliphatic rings. The van der Waals surface area contributed by atoms with Crippen LogP contribution in [0.25, 0.3) is 0 Å². The molecule has 0 aromatic carbocycles. The van der Waals surface area contributed by atoms with Crippen LogP contribution in [0.1, 0.15) is 32.1 Å². The first-order valence-corrected chi connectivity index (χ1v) is 9.10. The molecule has 0 spiro atoms. The zero-order valence-corrected chi connectivity index (χ0v) is 14.9. The van der Waals surface area contributed by atoms with E-state index < -0.39 is 6.10 Å². The summed E-state index contributed by atoms with van der Waals surface area (Å²) in [5, 5.41) is 17.2. The van der Waals surface area contributed by atoms with Crippen LogP contribution in [-0.2, 0) is 11.8 Å². The Balaban J connectivity index is 1.37. The minimum atomic E-state index is -0.597. The van der Waals surface area contributed by atoms with E-state index in [1.54, 1.807) is 17.1 Å². The Morgan fingerprint density at radius 2 is 2.32 bits per heavy atom. The number of aliphatic hydroxyl groups excluding tert-OH is 1. The molecule has 1 amide bonds. The van der Waals surface area contributed by atoms with Crippen LogP contribution in [0.2, 0.25) is 0 Å². The van der Waals surface area contributed by atoms with E-state index in [0.29, 0.717) is 31.9 Å². The van der Waals surface area contributed by atoms with Crippen molar-refractivity contribution in [3.8, 4) is 5.75 Å². The summed E-state index contributed by atoms with van der Waals surface area (Å²) in [5.74, 6) is 0.643. The normalized spacial score (nSPS) is 24.2. The third kappa shape index (κ3) is 5.31. The van der Waals surface area contributed by atoms with Crippen molar-refractivity contribution in [2.24, 2.45) is 7.05 Å². The van der Waals surface area contributed by atoms with Crippen molar-refractivity contribution in [2.75, 3.05) is 26.2 Å². The molecule has 1 fully saturated rings. The van der Waals surface area contributed by atoms with Gasteiger partial charge in [0.2, 0.25) is 5.91 Å². The molecule has 0 radical (unpaired) electrons. The predicted octanol–water partition coefficient (Wildman–Crippen LogP) is 0.851. The fourth-order valence-corrected chi connectivity index (χ4v) is 3.47. The molecule has 1 aromatic heterocycles. The first-order valence-electron chi connectivity index (χ1n) is 9.10. The molecular formula is C18H28N4O3. The van der Waals surface area contributed by atoms with E-state index in [0.717, 1.165) is 6.42 Å². The van der Waals surface area contributed by atoms with Gasteiger partial charge in [0.25, 0.3) is 0 Å². The maximum atomic E-state index is 12.1. The lowest BCUT2D eigenvalue weighted by molar-refractivity contribution is -0.122. The van der Waals surface area contributed by atoms with Crippen LogP contribution in [0.3, 0.4) is 0 Å². The highest BCUT2D eigenvalue weighted by Crippen LogP contribution is 2.20. The molecule has 3 rings (SSSR count). The summed E-state index contributed by atoms with van der Waals surface area (Å²) in [6, 6.07) is 0. The minimum Gasteiger partial charge on any atom is -0.483 e. The Bertz CT molecular complexity index is 613. The molecule has 0 bridgehead atoms. The molecule has 1 aliphatic carbocycles. The van der Waals surface area contributed by atoms with Gasteiger partial charge in [-0.05, 0) is 32.1 Å². The van der Waals surface area contributed by atoms with E-state index in [4.69, 9.17) is 4.74 Å². The summed E-state index contributed by atoms with van der Waals surface area (Å²) in [4.78, 5) is 14.0. The summed E-state index contributed by atoms with van der Waals surface area (Å²) in [7, 11) is 1.82. The number of allylic oxidation sites excluding steroid dienone is 1. The van der Waals surface area contributed by atoms with Crippen LogP contribution in [0.4, 0.5) is 0 Å². The molecular weight excluding hydrogens is 320 g/mol. The quantitative estimate of drug-likeness (QED) is 0.714. The van der Waals surface area contributed by atoms with Gasteiger partial charge in [-0.25, -0.2) is 0 Å². The number of aromatic nitrogens is 2. The molecule has 1 aromatic rings. The Kier molecular flexibility index (Phi) is 6.09. The van der Waals surface area contributed by atoms with E-state index in [2.05, 4.69) is 16.5 Å². The zero-order valence-electron chi connectivity index (χ0n) is 14.9. The van der Waals surface area contributed by atoms with Gasteiger partial charge in [0.05, 0.1) is 18.9 Å². The van der Waals surface area contributed by atoms with Gasteiger partial charge in [-0.1, -0.05) is 11.6 Å². The lowest BCUT2D eigenvalue weighted by Crippen LogP contribution is -2.37. The summed E-state index contributed by atoms with van der Waals surface area (Å²) in [6.45, 7) is 1.97. The molecule has 2 heterocycles. The summed E-state index contributed by atoms with van der Waals surface area (Å²) in [6.07, 6.45) is 10.6. The van der Waals surface area contributed by atoms with Gasteiger partial charge in [-0.15, -0.1) is 0 Å². The zero-order chi connectivity index (χ0) is 17.6. The lowest BCUT2D eigenvalue weighted by atomic mass is 9.97. The second-order valence-corrected chi connectivity index (χ2v) is 6.98. The number of aliphatic hydroxyl groups is 1. The Hall–Kier alpha value is -1.86. The number of aryl methyl sites for hydroxylation is 1. The maximum Gasteiger partial charge on any atom is 0.234 e. The van der Waals surface area contributed by atoms with Crippen molar-refractivity contribution in [1.29, 1.82) is 0 Å². The van der Waals surface area contributed by atoms with E-state index in [9.17, 15) is 9.90 Å². The summed E-state index contributed by atoms with van der Waals surface area (Å²) in [5.41, 5.74) is 1.47. The van der Waals surface area contributed by atoms with Crippen LogP contribution >= 0.6 is 0 Å². The van der Waals surface area contributed by atoms with Crippen molar-refractivity contribution in [1.82, 2.24) is 20.0 Å². The van der Waals surface area contributed by atoms with Crippen molar-refractivity contribution in [3.63, 3.8) is 0 Å². The Morgan fingerprint density at radius 3 is 3.04 bits per heavy atom. The van der Waals surface area contributed by atoms with E-state index in [1.165, 1.54) is 31.3 Å². The highest BCUT2D eigenvalue weighted by atomic mass is 16.5. The fourth-order valence-electron chi connectivity index (χ4n) is 3.47. The molecule has 2 atom stereocenters. The fraction of sp³-hybridized carbons (Fsp3) is 0.667. The van der Waals surface area contributed by atoms with Crippen LogP contribution in [0.5, 0.6) is 5.75 Å². The van der Waals surface area contributed by atoms with E-state index >= 15 is 0 Å². The number of β-amino-alcohol motifs (C(OH)–C–C–N with tert-alkyl or cyclic N) is 1. The molecule has 138 valence electrons. The summed E-state index contributed by atoms with van der Waals surface area (Å²) >= 11 is 0. The largest absolute Gasteiger partial charge is 0.483 e. The number of nitrogens with zero attached hydrogens (tertiary/aromatic N) is 3. The average molecular weight is 348 g/mol. The molecule has 2 N–H and O–H groups in total. The number of carbonyl (C=O) groups excluding carboxylic acids is 1. The Labute approximate surface area is 148 Å². The number of hydrogen-bond donors (Lipinski definition) is 2. The van der Waals surface area contributed by atoms with Gasteiger partial charge < -0.3 is 15.2 Å². The van der Waals surface area contributed by atoms with E-state index in [-0.39, 0.29) is 12.0 Å². The standard InChI is InChI=1S/C18H28N4O3/c1-21-10-15(9-20-21)25-17-12-22(11-16(17)23)13-18(24)19-8-7-14-5-3-2-4-6-14/h5,9-10,16-17,23H,2-4,6-8,11-13H2,1H3,(H,19,24)/t16-,17-/m1/s1. The number of ether oxygens (including phenoxy) is 1. The number of likely N-dealkylation sites (tertiary alicyclic amines) is 1. The number of hydrogen-bond acceptors (Lipinski definition) is 5. The van der Waals surface area contributed by atoms with Gasteiger partial charge >= 0.3 is 0 Å². The van der Waals surface area contributed by atoms with Crippen molar-refractivity contribution in [3.05, 3.63) is 24.0 Å². The first-order chi connectivity index (χ1) is 12.1. The SMILES string of the molecule is Cn1cc(O[C@@H]2CN(CC(=O)NCCC3=CCCCC3)C[C@H]2O)cn1. The van der Waals surface area contributed by atoms with Gasteiger partial charge in [-0.2, -0.15) is 5.10 Å². The lowest BCUT2D eigenvalue weighted by Gasteiger charge is -2.16. The van der Waals surface area contributed by atoms with Gasteiger partial charge in [-0.3, -0.25) is 14.4 Å². The second-order valence-electron chi connectivity index (χ2n) is 6.98. The second kappa shape index (κ2) is 8.49. The topological polar surface area (TPSA) is 79.6 Å². The van der Waals surface area contributed by atoms with Crippen LogP contribution < -0.4 is 10.1 Å². The molecule has 0 saturated carbocycles. The molecule has 25 heavy (non-hydrogen) atoms. The van der Waals surface area contributed by atoms with Crippen LogP contribution in [0, 0.1) is 0 Å². The smallest absolute Gasteiger partial charge is 0.234 e. The van der Waals surface area contributed by atoms with Crippen LogP contribution in [-0.4, -0.2) is 64.1 Å². The number of nitrogens with one attached hydrogen (secondary N) is 1. The number of rotatable bonds is 7. The molecule has 1 saturated heterocycles. The molecule has 7 heteroatoms. The first kappa shape index (κ1) is 17.9. The van der Waals surface area contributed by atoms with Crippen LogP contribution in [0.15, 0.2) is 24.0 Å². The van der Waals surface area contributed by atoms with E-state index in [1.807, 2.05) is 11.9 Å². The van der Waals surface area contributed by atoms with Gasteiger partial charge in [0, 0.05) is 26.7 Å². The number of carbonyl (C=O) groups is 1. The van der Waals surface area contributed by atoms with Gasteiger partial charge in [0.15, 0.2) is 5.75 Å². The predicted molar refractivity (Wildman–Crippen MR) is 94.2 cm³/mol. The molecule has 0 unspecified atom stereocenters. The van der Waals surface area contributed by atoms with Gasteiger partial charge in [0.1, 0.15) is 12.2 Å². The third-order valence-corrected chi connectivity index (χ3v) is 4.80. The van der Waals surface area contributed by atoms with Crippen molar-refractivity contribution in [2.45, 2.75) is 44.3 Å². The highest BCUT2D eigenvalue weighted by Gasteiger charge is 2.34. The third-order valence-electron chi connectivity index (χ3n) is 4.80. The highest BCUT2D eigenvalue weighted by molar-refractivity contribution is 5.78. The maximum absolute atomic E-state index is 12.1. The summed E-state index contributed by atoms with van der Waals surface area (Å²) < 4.78 is 7.42.